The van der Waals surface area contributed by atoms with Crippen LogP contribution in [0.2, 0.25) is 0 Å². The number of nitrogens with zero attached hydrogens (tertiary/aromatic N) is 1. The molecule has 3 nitrogen and oxygen atoms in total. The molecule has 1 aliphatic heterocycles. The first kappa shape index (κ1) is 18.1. The average molecular weight is 358 g/mol. The molecule has 1 unspecified atom stereocenters. The smallest absolute Gasteiger partial charge is 0.230 e. The number of hydrogen-bond donors (Lipinski definition) is 0. The summed E-state index contributed by atoms with van der Waals surface area (Å²) in [5.74, 6) is 4.16. The monoisotopic (exact) mass is 357 g/mol. The van der Waals surface area contributed by atoms with Gasteiger partial charge in [-0.2, -0.15) is 11.8 Å². The lowest BCUT2D eigenvalue weighted by atomic mass is 9.92. The maximum Gasteiger partial charge on any atom is 0.230 e. The van der Waals surface area contributed by atoms with Crippen LogP contribution in [-0.2, 0) is 10.5 Å². The molecule has 0 saturated carbocycles. The van der Waals surface area contributed by atoms with Crippen LogP contribution in [0.15, 0.2) is 53.1 Å². The normalized spacial score (nSPS) is 16.8. The fourth-order valence-corrected chi connectivity index (χ4v) is 4.65. The molecule has 25 heavy (non-hydrogen) atoms. The second kappa shape index (κ2) is 9.14. The standard InChI is InChI=1S/C21H27NO2S/c1-2-20(18-7-4-3-5-8-18)21(23)22-12-10-17(11-13-22)15-25-16-19-9-6-14-24-19/h3-9,14,17,20H,2,10-13,15-16H2,1H3. The van der Waals surface area contributed by atoms with Crippen molar-refractivity contribution in [3.8, 4) is 0 Å². The highest BCUT2D eigenvalue weighted by Crippen LogP contribution is 2.27. The van der Waals surface area contributed by atoms with E-state index in [4.69, 9.17) is 4.42 Å². The number of carbonyl (C=O) groups is 1. The van der Waals surface area contributed by atoms with Crippen molar-refractivity contribution in [2.75, 3.05) is 18.8 Å². The van der Waals surface area contributed by atoms with Crippen LogP contribution in [0.1, 0.15) is 43.4 Å². The number of benzene rings is 1. The first-order chi connectivity index (χ1) is 12.3. The van der Waals surface area contributed by atoms with Crippen LogP contribution in [-0.4, -0.2) is 29.6 Å². The van der Waals surface area contributed by atoms with Gasteiger partial charge in [-0.05, 0) is 48.6 Å². The van der Waals surface area contributed by atoms with E-state index in [9.17, 15) is 4.79 Å². The van der Waals surface area contributed by atoms with E-state index in [1.165, 1.54) is 0 Å². The molecular formula is C21H27NO2S. The second-order valence-electron chi connectivity index (χ2n) is 6.73. The van der Waals surface area contributed by atoms with Crippen molar-refractivity contribution in [3.63, 3.8) is 0 Å². The number of furan rings is 1. The van der Waals surface area contributed by atoms with Gasteiger partial charge in [-0.25, -0.2) is 0 Å². The maximum atomic E-state index is 12.9. The summed E-state index contributed by atoms with van der Waals surface area (Å²) in [6.45, 7) is 3.90. The second-order valence-corrected chi connectivity index (χ2v) is 7.76. The largest absolute Gasteiger partial charge is 0.468 e. The molecule has 0 spiro atoms. The van der Waals surface area contributed by atoms with Crippen LogP contribution in [0, 0.1) is 5.92 Å². The summed E-state index contributed by atoms with van der Waals surface area (Å²) >= 11 is 1.94. The highest BCUT2D eigenvalue weighted by Gasteiger charge is 2.28. The van der Waals surface area contributed by atoms with Crippen molar-refractivity contribution < 1.29 is 9.21 Å². The number of carbonyl (C=O) groups excluding carboxylic acids is 1. The van der Waals surface area contributed by atoms with E-state index in [1.54, 1.807) is 6.26 Å². The van der Waals surface area contributed by atoms with E-state index in [1.807, 2.05) is 42.1 Å². The average Bonchev–Trinajstić information content (AvgIpc) is 3.17. The van der Waals surface area contributed by atoms with Gasteiger partial charge in [0.15, 0.2) is 0 Å². The van der Waals surface area contributed by atoms with Gasteiger partial charge in [0.1, 0.15) is 5.76 Å². The first-order valence-corrected chi connectivity index (χ1v) is 10.4. The van der Waals surface area contributed by atoms with Gasteiger partial charge in [0.2, 0.25) is 5.91 Å². The molecule has 1 aliphatic rings. The minimum Gasteiger partial charge on any atom is -0.468 e. The molecule has 2 heterocycles. The zero-order valence-corrected chi connectivity index (χ0v) is 15.7. The van der Waals surface area contributed by atoms with Gasteiger partial charge in [-0.1, -0.05) is 37.3 Å². The Labute approximate surface area is 154 Å². The summed E-state index contributed by atoms with van der Waals surface area (Å²) in [5, 5.41) is 0. The van der Waals surface area contributed by atoms with Crippen LogP contribution in [0.3, 0.4) is 0 Å². The molecule has 1 atom stereocenters. The Bertz CT molecular complexity index is 633. The van der Waals surface area contributed by atoms with E-state index in [0.29, 0.717) is 11.8 Å². The molecule has 0 radical (unpaired) electrons. The summed E-state index contributed by atoms with van der Waals surface area (Å²) in [6.07, 6.45) is 4.82. The van der Waals surface area contributed by atoms with Crippen molar-refractivity contribution in [2.45, 2.75) is 37.9 Å². The molecule has 0 N–H and O–H groups in total. The molecule has 2 aromatic rings. The lowest BCUT2D eigenvalue weighted by molar-refractivity contribution is -0.134. The summed E-state index contributed by atoms with van der Waals surface area (Å²) in [7, 11) is 0. The van der Waals surface area contributed by atoms with Crippen LogP contribution < -0.4 is 0 Å². The summed E-state index contributed by atoms with van der Waals surface area (Å²) < 4.78 is 5.38. The number of thioether (sulfide) groups is 1. The molecule has 3 rings (SSSR count). The van der Waals surface area contributed by atoms with Gasteiger partial charge in [0.25, 0.3) is 0 Å². The van der Waals surface area contributed by atoms with E-state index < -0.39 is 0 Å². The van der Waals surface area contributed by atoms with Crippen LogP contribution >= 0.6 is 11.8 Å². The molecule has 1 saturated heterocycles. The summed E-state index contributed by atoms with van der Waals surface area (Å²) in [5.41, 5.74) is 1.14. The lowest BCUT2D eigenvalue weighted by Gasteiger charge is -2.34. The highest BCUT2D eigenvalue weighted by molar-refractivity contribution is 7.98. The predicted octanol–water partition coefficient (Wildman–Crippen LogP) is 4.95. The van der Waals surface area contributed by atoms with Crippen molar-refractivity contribution in [3.05, 3.63) is 60.1 Å². The van der Waals surface area contributed by atoms with E-state index in [-0.39, 0.29) is 5.92 Å². The van der Waals surface area contributed by atoms with Crippen molar-refractivity contribution in [2.24, 2.45) is 5.92 Å². The van der Waals surface area contributed by atoms with E-state index in [0.717, 1.165) is 55.2 Å². The van der Waals surface area contributed by atoms with Crippen LogP contribution in [0.4, 0.5) is 0 Å². The molecule has 0 bridgehead atoms. The lowest BCUT2D eigenvalue weighted by Crippen LogP contribution is -2.41. The predicted molar refractivity (Wildman–Crippen MR) is 104 cm³/mol. The van der Waals surface area contributed by atoms with E-state index >= 15 is 0 Å². The number of rotatable bonds is 7. The zero-order chi connectivity index (χ0) is 17.5. The molecule has 1 amide bonds. The minimum absolute atomic E-state index is 0.00563. The van der Waals surface area contributed by atoms with Crippen LogP contribution in [0.25, 0.3) is 0 Å². The van der Waals surface area contributed by atoms with Gasteiger partial charge >= 0.3 is 0 Å². The Morgan fingerprint density at radius 2 is 1.96 bits per heavy atom. The molecule has 4 heteroatoms. The number of amides is 1. The fraction of sp³-hybridized carbons (Fsp3) is 0.476. The van der Waals surface area contributed by atoms with E-state index in [2.05, 4.69) is 24.0 Å². The third kappa shape index (κ3) is 4.91. The van der Waals surface area contributed by atoms with Crippen LogP contribution in [0.5, 0.6) is 0 Å². The number of hydrogen-bond acceptors (Lipinski definition) is 3. The van der Waals surface area contributed by atoms with Crippen molar-refractivity contribution in [1.29, 1.82) is 0 Å². The maximum absolute atomic E-state index is 12.9. The molecule has 0 aliphatic carbocycles. The number of likely N-dealkylation sites (tertiary alicyclic amines) is 1. The Kier molecular flexibility index (Phi) is 6.62. The number of piperidine rings is 1. The third-order valence-corrected chi connectivity index (χ3v) is 6.21. The third-order valence-electron chi connectivity index (χ3n) is 5.01. The molecule has 1 aromatic carbocycles. The van der Waals surface area contributed by atoms with Gasteiger partial charge in [0, 0.05) is 13.1 Å². The Hall–Kier alpha value is -1.68. The first-order valence-electron chi connectivity index (χ1n) is 9.21. The Balaban J connectivity index is 1.45. The van der Waals surface area contributed by atoms with Gasteiger partial charge < -0.3 is 9.32 Å². The van der Waals surface area contributed by atoms with Crippen molar-refractivity contribution >= 4 is 17.7 Å². The fourth-order valence-electron chi connectivity index (χ4n) is 3.50. The zero-order valence-electron chi connectivity index (χ0n) is 14.9. The van der Waals surface area contributed by atoms with Crippen molar-refractivity contribution in [1.82, 2.24) is 4.90 Å². The molecular weight excluding hydrogens is 330 g/mol. The quantitative estimate of drug-likeness (QED) is 0.703. The van der Waals surface area contributed by atoms with Gasteiger partial charge in [-0.3, -0.25) is 4.79 Å². The molecule has 1 fully saturated rings. The summed E-state index contributed by atoms with van der Waals surface area (Å²) in [4.78, 5) is 15.0. The molecule has 134 valence electrons. The topological polar surface area (TPSA) is 33.5 Å². The Morgan fingerprint density at radius 1 is 1.20 bits per heavy atom. The highest BCUT2D eigenvalue weighted by atomic mass is 32.2. The SMILES string of the molecule is CCC(C(=O)N1CCC(CSCc2ccco2)CC1)c1ccccc1. The Morgan fingerprint density at radius 3 is 2.60 bits per heavy atom. The summed E-state index contributed by atoms with van der Waals surface area (Å²) in [6, 6.07) is 14.2. The van der Waals surface area contributed by atoms with Gasteiger partial charge in [-0.15, -0.1) is 0 Å². The minimum atomic E-state index is 0.00563. The molecule has 1 aromatic heterocycles. The van der Waals surface area contributed by atoms with Gasteiger partial charge in [0.05, 0.1) is 17.9 Å².